The number of rotatable bonds is 11. The van der Waals surface area contributed by atoms with Gasteiger partial charge in [-0.1, -0.05) is 0 Å². The number of halogens is 3. The quantitative estimate of drug-likeness (QED) is 0.187. The highest BCUT2D eigenvalue weighted by atomic mass is 19.4. The number of methoxy groups -OCH3 is 1. The van der Waals surface area contributed by atoms with Crippen molar-refractivity contribution in [2.24, 2.45) is 0 Å². The summed E-state index contributed by atoms with van der Waals surface area (Å²) in [6.07, 6.45) is -1.26. The molecule has 3 aromatic rings. The van der Waals surface area contributed by atoms with Crippen molar-refractivity contribution in [1.29, 1.82) is 0 Å². The van der Waals surface area contributed by atoms with E-state index in [4.69, 9.17) is 14.2 Å². The van der Waals surface area contributed by atoms with Crippen LogP contribution in [0.15, 0.2) is 54.7 Å². The lowest BCUT2D eigenvalue weighted by Crippen LogP contribution is -2.38. The molecule has 1 aliphatic heterocycles. The number of hydrogen-bond acceptors (Lipinski definition) is 8. The fourth-order valence-electron chi connectivity index (χ4n) is 4.12. The first-order valence-electron chi connectivity index (χ1n) is 12.0. The average molecular weight is 537 g/mol. The summed E-state index contributed by atoms with van der Waals surface area (Å²) in [6, 6.07) is 13.4. The number of aromatic nitrogens is 2. The van der Waals surface area contributed by atoms with Gasteiger partial charge in [0.25, 0.3) is 0 Å². The van der Waals surface area contributed by atoms with Crippen LogP contribution < -0.4 is 23.8 Å². The topological polar surface area (TPSA) is 101 Å². The van der Waals surface area contributed by atoms with Gasteiger partial charge in [-0.15, -0.1) is 13.2 Å². The number of piperidine rings is 1. The number of nitrogens with zero attached hydrogens (tertiary/aromatic N) is 4. The van der Waals surface area contributed by atoms with E-state index in [-0.39, 0.29) is 23.7 Å². The van der Waals surface area contributed by atoms with Crippen molar-refractivity contribution in [3.63, 3.8) is 0 Å². The summed E-state index contributed by atoms with van der Waals surface area (Å²) in [7, 11) is 1.41. The molecule has 0 aliphatic carbocycles. The van der Waals surface area contributed by atoms with Gasteiger partial charge in [0.15, 0.2) is 0 Å². The van der Waals surface area contributed by atoms with Gasteiger partial charge in [0.05, 0.1) is 13.7 Å². The van der Waals surface area contributed by atoms with E-state index in [2.05, 4.69) is 14.6 Å². The first kappa shape index (κ1) is 26.9. The molecule has 0 saturated carbocycles. The second-order valence-corrected chi connectivity index (χ2v) is 8.56. The molecule has 13 heteroatoms. The molecular formula is C25H27F3N4O6. The Balaban J connectivity index is 1.19. The summed E-state index contributed by atoms with van der Waals surface area (Å²) in [5.41, 5.74) is 1.06. The highest BCUT2D eigenvalue weighted by Crippen LogP contribution is 2.28. The molecule has 0 radical (unpaired) electrons. The minimum atomic E-state index is -4.72. The van der Waals surface area contributed by atoms with Gasteiger partial charge in [0.1, 0.15) is 29.5 Å². The van der Waals surface area contributed by atoms with Gasteiger partial charge < -0.3 is 34.0 Å². The Labute approximate surface area is 216 Å². The third kappa shape index (κ3) is 7.43. The Hall–Kier alpha value is -4.16. The van der Waals surface area contributed by atoms with Gasteiger partial charge in [0.2, 0.25) is 0 Å². The minimum absolute atomic E-state index is 0.0289. The van der Waals surface area contributed by atoms with Crippen LogP contribution in [0.2, 0.25) is 0 Å². The Bertz CT molecular complexity index is 1190. The Morgan fingerprint density at radius 2 is 1.66 bits per heavy atom. The van der Waals surface area contributed by atoms with Crippen LogP contribution in [0.5, 0.6) is 23.3 Å². The van der Waals surface area contributed by atoms with Crippen molar-refractivity contribution >= 4 is 11.5 Å². The van der Waals surface area contributed by atoms with Gasteiger partial charge in [-0.25, -0.2) is 0 Å². The van der Waals surface area contributed by atoms with Crippen LogP contribution >= 0.6 is 0 Å². The predicted octanol–water partition coefficient (Wildman–Crippen LogP) is 5.22. The number of aryl methyl sites for hydroxylation is 1. The number of nitro groups is 1. The third-order valence-electron chi connectivity index (χ3n) is 5.91. The molecule has 0 amide bonds. The SMILES string of the molecule is COc1nc([N+](=O)[O-])cn1CCCOc1ccc(N2CCC(Oc3ccc(OC(F)(F)F)cc3)CC2)cc1. The molecular weight excluding hydrogens is 509 g/mol. The summed E-state index contributed by atoms with van der Waals surface area (Å²) < 4.78 is 59.2. The third-order valence-corrected chi connectivity index (χ3v) is 5.91. The Morgan fingerprint density at radius 1 is 1.03 bits per heavy atom. The monoisotopic (exact) mass is 536 g/mol. The molecule has 2 aromatic carbocycles. The molecule has 38 heavy (non-hydrogen) atoms. The van der Waals surface area contributed by atoms with Gasteiger partial charge >= 0.3 is 18.2 Å². The van der Waals surface area contributed by atoms with Crippen LogP contribution in [0, 0.1) is 10.1 Å². The maximum absolute atomic E-state index is 12.3. The van der Waals surface area contributed by atoms with Crippen molar-refractivity contribution in [2.45, 2.75) is 38.3 Å². The number of benzene rings is 2. The number of imidazole rings is 1. The molecule has 1 fully saturated rings. The molecule has 0 atom stereocenters. The molecule has 0 bridgehead atoms. The smallest absolute Gasteiger partial charge is 0.494 e. The first-order valence-corrected chi connectivity index (χ1v) is 12.0. The zero-order chi connectivity index (χ0) is 27.1. The van der Waals surface area contributed by atoms with Crippen LogP contribution in [-0.2, 0) is 6.54 Å². The van der Waals surface area contributed by atoms with Gasteiger partial charge in [0, 0.05) is 43.1 Å². The van der Waals surface area contributed by atoms with Crippen LogP contribution in [0.25, 0.3) is 0 Å². The van der Waals surface area contributed by atoms with Gasteiger partial charge in [-0.2, -0.15) is 0 Å². The van der Waals surface area contributed by atoms with E-state index in [0.29, 0.717) is 31.1 Å². The molecule has 0 spiro atoms. The molecule has 2 heterocycles. The summed E-state index contributed by atoms with van der Waals surface area (Å²) in [6.45, 7) is 2.43. The highest BCUT2D eigenvalue weighted by molar-refractivity contribution is 5.49. The Kier molecular flexibility index (Phi) is 8.44. The lowest BCUT2D eigenvalue weighted by atomic mass is 10.1. The molecule has 4 rings (SSSR count). The average Bonchev–Trinajstić information content (AvgIpc) is 3.31. The van der Waals surface area contributed by atoms with E-state index in [1.54, 1.807) is 4.57 Å². The first-order chi connectivity index (χ1) is 18.2. The summed E-state index contributed by atoms with van der Waals surface area (Å²) in [5.74, 6) is 0.678. The van der Waals surface area contributed by atoms with E-state index in [1.165, 1.54) is 37.6 Å². The normalized spacial score (nSPS) is 14.3. The molecule has 204 valence electrons. The van der Waals surface area contributed by atoms with E-state index in [0.717, 1.165) is 31.6 Å². The minimum Gasteiger partial charge on any atom is -0.494 e. The van der Waals surface area contributed by atoms with E-state index < -0.39 is 11.3 Å². The van der Waals surface area contributed by atoms with Crippen molar-refractivity contribution in [1.82, 2.24) is 9.55 Å². The van der Waals surface area contributed by atoms with E-state index in [9.17, 15) is 23.3 Å². The zero-order valence-corrected chi connectivity index (χ0v) is 20.6. The molecule has 0 N–H and O–H groups in total. The largest absolute Gasteiger partial charge is 0.573 e. The highest BCUT2D eigenvalue weighted by Gasteiger charge is 2.31. The lowest BCUT2D eigenvalue weighted by Gasteiger charge is -2.33. The maximum atomic E-state index is 12.3. The summed E-state index contributed by atoms with van der Waals surface area (Å²) in [4.78, 5) is 16.4. The van der Waals surface area contributed by atoms with E-state index in [1.807, 2.05) is 24.3 Å². The number of anilines is 1. The zero-order valence-electron chi connectivity index (χ0n) is 20.6. The Morgan fingerprint density at radius 3 is 2.26 bits per heavy atom. The standard InChI is InChI=1S/C25H27F3N4O6/c1-35-24-29-23(32(33)34)17-31(24)13-2-16-36-19-5-3-18(4-6-19)30-14-11-21(12-15-30)37-20-7-9-22(10-8-20)38-25(26,27)28/h3-10,17,21H,2,11-16H2,1H3. The number of hydrogen-bond donors (Lipinski definition) is 0. The van der Waals surface area contributed by atoms with E-state index >= 15 is 0 Å². The second-order valence-electron chi connectivity index (χ2n) is 8.56. The van der Waals surface area contributed by atoms with Crippen LogP contribution in [0.3, 0.4) is 0 Å². The van der Waals surface area contributed by atoms with Crippen molar-refractivity contribution in [3.05, 3.63) is 64.8 Å². The van der Waals surface area contributed by atoms with Gasteiger partial charge in [-0.05, 0) is 59.9 Å². The van der Waals surface area contributed by atoms with Crippen LogP contribution in [0.4, 0.5) is 24.7 Å². The second kappa shape index (κ2) is 11.9. The fourth-order valence-corrected chi connectivity index (χ4v) is 4.12. The van der Waals surface area contributed by atoms with Crippen molar-refractivity contribution in [3.8, 4) is 23.3 Å². The molecule has 1 saturated heterocycles. The molecule has 0 unspecified atom stereocenters. The van der Waals surface area contributed by atoms with Gasteiger partial charge in [-0.3, -0.25) is 4.57 Å². The van der Waals surface area contributed by atoms with Crippen LogP contribution in [0.1, 0.15) is 19.3 Å². The summed E-state index contributed by atoms with van der Waals surface area (Å²) >= 11 is 0. The molecule has 1 aliphatic rings. The predicted molar refractivity (Wildman–Crippen MR) is 131 cm³/mol. The molecule has 1 aromatic heterocycles. The summed E-state index contributed by atoms with van der Waals surface area (Å²) in [5, 5.41) is 10.9. The fraction of sp³-hybridized carbons (Fsp3) is 0.400. The number of ether oxygens (including phenoxy) is 4. The van der Waals surface area contributed by atoms with Crippen molar-refractivity contribution in [2.75, 3.05) is 31.7 Å². The van der Waals surface area contributed by atoms with Crippen LogP contribution in [-0.4, -0.2) is 53.7 Å². The van der Waals surface area contributed by atoms with Crippen molar-refractivity contribution < 1.29 is 37.0 Å². The maximum Gasteiger partial charge on any atom is 0.573 e. The molecule has 10 nitrogen and oxygen atoms in total. The number of alkyl halides is 3. The lowest BCUT2D eigenvalue weighted by molar-refractivity contribution is -0.389.